The first-order chi connectivity index (χ1) is 9.94. The molecule has 1 atom stereocenters. The maximum Gasteiger partial charge on any atom is 0.135 e. The number of para-hydroxylation sites is 1. The smallest absolute Gasteiger partial charge is 0.135 e. The Morgan fingerprint density at radius 1 is 1.00 bits per heavy atom. The predicted octanol–water partition coefficient (Wildman–Crippen LogP) is 5.68. The second-order valence-electron chi connectivity index (χ2n) is 6.41. The summed E-state index contributed by atoms with van der Waals surface area (Å²) in [7, 11) is 0. The second kappa shape index (κ2) is 5.39. The van der Waals surface area contributed by atoms with Crippen molar-refractivity contribution in [3.05, 3.63) is 48.0 Å². The fraction of sp³-hybridized carbons (Fsp3) is 0.333. The van der Waals surface area contributed by atoms with Crippen molar-refractivity contribution in [1.29, 1.82) is 0 Å². The number of benzene rings is 2. The quantitative estimate of drug-likeness (QED) is 0.629. The summed E-state index contributed by atoms with van der Waals surface area (Å²) < 4.78 is 9.61. The monoisotopic (exact) mass is 299 g/mol. The van der Waals surface area contributed by atoms with Gasteiger partial charge in [0.25, 0.3) is 0 Å². The van der Waals surface area contributed by atoms with Crippen molar-refractivity contribution in [3.63, 3.8) is 0 Å². The van der Waals surface area contributed by atoms with Gasteiger partial charge in [0.1, 0.15) is 11.2 Å². The molecule has 3 rings (SSSR count). The molecule has 2 nitrogen and oxygen atoms in total. The molecule has 1 aromatic heterocycles. The average molecular weight is 299 g/mol. The Labute approximate surface area is 130 Å². The Hall–Kier alpha value is -1.45. The molecule has 1 heterocycles. The minimum Gasteiger partial charge on any atom is -0.456 e. The number of nitrogens with one attached hydrogen (secondary N) is 1. The van der Waals surface area contributed by atoms with Gasteiger partial charge in [0, 0.05) is 21.6 Å². The van der Waals surface area contributed by atoms with E-state index in [9.17, 15) is 0 Å². The van der Waals surface area contributed by atoms with Crippen molar-refractivity contribution >= 4 is 33.9 Å². The molecule has 21 heavy (non-hydrogen) atoms. The van der Waals surface area contributed by atoms with Gasteiger partial charge < -0.3 is 4.42 Å². The van der Waals surface area contributed by atoms with Gasteiger partial charge in [-0.05, 0) is 51.5 Å². The summed E-state index contributed by atoms with van der Waals surface area (Å²) in [6, 6.07) is 15.0. The Morgan fingerprint density at radius 2 is 1.71 bits per heavy atom. The van der Waals surface area contributed by atoms with E-state index in [1.807, 2.05) is 12.1 Å². The van der Waals surface area contributed by atoms with Crippen LogP contribution in [0.5, 0.6) is 0 Å². The third-order valence-electron chi connectivity index (χ3n) is 3.44. The number of furan rings is 1. The van der Waals surface area contributed by atoms with E-state index in [0.717, 1.165) is 11.2 Å². The van der Waals surface area contributed by atoms with E-state index in [1.54, 1.807) is 11.9 Å². The van der Waals surface area contributed by atoms with Gasteiger partial charge in [-0.15, -0.1) is 0 Å². The van der Waals surface area contributed by atoms with Crippen LogP contribution in [0.1, 0.15) is 39.3 Å². The van der Waals surface area contributed by atoms with Crippen molar-refractivity contribution < 1.29 is 4.42 Å². The van der Waals surface area contributed by atoms with Crippen LogP contribution in [0.15, 0.2) is 46.9 Å². The molecule has 0 saturated carbocycles. The third kappa shape index (κ3) is 3.09. The van der Waals surface area contributed by atoms with Crippen molar-refractivity contribution in [2.24, 2.45) is 0 Å². The Bertz CT molecular complexity index is 770. The van der Waals surface area contributed by atoms with Crippen LogP contribution in [0.2, 0.25) is 0 Å². The van der Waals surface area contributed by atoms with Crippen molar-refractivity contribution in [2.75, 3.05) is 0 Å². The molecule has 110 valence electrons. The largest absolute Gasteiger partial charge is 0.456 e. The molecule has 3 aromatic rings. The lowest BCUT2D eigenvalue weighted by Gasteiger charge is -2.22. The van der Waals surface area contributed by atoms with E-state index in [2.05, 4.69) is 62.7 Å². The molecule has 0 fully saturated rings. The van der Waals surface area contributed by atoms with Crippen molar-refractivity contribution in [3.8, 4) is 0 Å². The van der Waals surface area contributed by atoms with Crippen LogP contribution in [0.4, 0.5) is 0 Å². The van der Waals surface area contributed by atoms with E-state index in [0.29, 0.717) is 6.04 Å². The summed E-state index contributed by atoms with van der Waals surface area (Å²) in [5.41, 5.74) is 3.19. The minimum absolute atomic E-state index is 0.209. The predicted molar refractivity (Wildman–Crippen MR) is 92.6 cm³/mol. The standard InChI is InChI=1S/C18H21NOS/c1-12(19-21-18(2,3)4)13-9-10-17-15(11-13)14-7-5-6-8-16(14)20-17/h5-12,19H,1-4H3. The topological polar surface area (TPSA) is 25.2 Å². The van der Waals surface area contributed by atoms with Gasteiger partial charge in [-0.1, -0.05) is 36.2 Å². The Morgan fingerprint density at radius 3 is 2.48 bits per heavy atom. The fourth-order valence-corrected chi connectivity index (χ4v) is 3.01. The summed E-state index contributed by atoms with van der Waals surface area (Å²) in [6.45, 7) is 8.83. The fourth-order valence-electron chi connectivity index (χ4n) is 2.35. The molecular formula is C18H21NOS. The molecule has 0 bridgehead atoms. The van der Waals surface area contributed by atoms with E-state index in [-0.39, 0.29) is 4.75 Å². The molecule has 2 aromatic carbocycles. The number of hydrogen-bond donors (Lipinski definition) is 1. The lowest BCUT2D eigenvalue weighted by atomic mass is 10.1. The first-order valence-corrected chi connectivity index (χ1v) is 8.10. The molecule has 1 unspecified atom stereocenters. The highest BCUT2D eigenvalue weighted by molar-refractivity contribution is 7.98. The second-order valence-corrected chi connectivity index (χ2v) is 8.07. The van der Waals surface area contributed by atoms with Crippen molar-refractivity contribution in [2.45, 2.75) is 38.5 Å². The summed E-state index contributed by atoms with van der Waals surface area (Å²) in [4.78, 5) is 0. The van der Waals surface area contributed by atoms with E-state index < -0.39 is 0 Å². The Kier molecular flexibility index (Phi) is 3.72. The molecule has 0 spiro atoms. The molecule has 3 heteroatoms. The lowest BCUT2D eigenvalue weighted by molar-refractivity contribution is 0.668. The van der Waals surface area contributed by atoms with Gasteiger partial charge in [-0.2, -0.15) is 0 Å². The van der Waals surface area contributed by atoms with Gasteiger partial charge in [0.2, 0.25) is 0 Å². The van der Waals surface area contributed by atoms with Crippen LogP contribution in [0.25, 0.3) is 21.9 Å². The van der Waals surface area contributed by atoms with Crippen LogP contribution in [0.3, 0.4) is 0 Å². The maximum atomic E-state index is 5.88. The summed E-state index contributed by atoms with van der Waals surface area (Å²) in [5.74, 6) is 0. The molecule has 0 amide bonds. The van der Waals surface area contributed by atoms with Gasteiger partial charge in [-0.3, -0.25) is 4.72 Å². The molecular weight excluding hydrogens is 278 g/mol. The summed E-state index contributed by atoms with van der Waals surface area (Å²) >= 11 is 1.77. The van der Waals surface area contributed by atoms with Gasteiger partial charge >= 0.3 is 0 Å². The zero-order valence-corrected chi connectivity index (χ0v) is 13.8. The number of hydrogen-bond acceptors (Lipinski definition) is 3. The molecule has 0 radical (unpaired) electrons. The van der Waals surface area contributed by atoms with Gasteiger partial charge in [-0.25, -0.2) is 0 Å². The van der Waals surface area contributed by atoms with E-state index in [1.165, 1.54) is 16.3 Å². The van der Waals surface area contributed by atoms with Crippen LogP contribution in [-0.2, 0) is 0 Å². The zero-order chi connectivity index (χ0) is 15.0. The maximum absolute atomic E-state index is 5.88. The first kappa shape index (κ1) is 14.5. The molecule has 1 N–H and O–H groups in total. The molecule has 0 aliphatic carbocycles. The Balaban J connectivity index is 1.94. The number of rotatable bonds is 3. The lowest BCUT2D eigenvalue weighted by Crippen LogP contribution is -2.19. The van der Waals surface area contributed by atoms with Crippen LogP contribution in [0, 0.1) is 0 Å². The SMILES string of the molecule is CC(NSC(C)(C)C)c1ccc2oc3ccccc3c2c1. The van der Waals surface area contributed by atoms with Crippen LogP contribution < -0.4 is 4.72 Å². The van der Waals surface area contributed by atoms with Gasteiger partial charge in [0.05, 0.1) is 0 Å². The highest BCUT2D eigenvalue weighted by atomic mass is 32.2. The molecule has 0 aliphatic rings. The van der Waals surface area contributed by atoms with Crippen LogP contribution >= 0.6 is 11.9 Å². The van der Waals surface area contributed by atoms with E-state index in [4.69, 9.17) is 4.42 Å². The normalized spacial score (nSPS) is 13.9. The highest BCUT2D eigenvalue weighted by Gasteiger charge is 2.15. The molecule has 0 aliphatic heterocycles. The van der Waals surface area contributed by atoms with Gasteiger partial charge in [0.15, 0.2) is 0 Å². The van der Waals surface area contributed by atoms with Crippen molar-refractivity contribution in [1.82, 2.24) is 4.72 Å². The minimum atomic E-state index is 0.209. The zero-order valence-electron chi connectivity index (χ0n) is 12.9. The third-order valence-corrected chi connectivity index (χ3v) is 4.53. The first-order valence-electron chi connectivity index (χ1n) is 7.29. The number of fused-ring (bicyclic) bond motifs is 3. The molecule has 0 saturated heterocycles. The van der Waals surface area contributed by atoms with E-state index >= 15 is 0 Å². The summed E-state index contributed by atoms with van der Waals surface area (Å²) in [6.07, 6.45) is 0. The highest BCUT2D eigenvalue weighted by Crippen LogP contribution is 2.31. The summed E-state index contributed by atoms with van der Waals surface area (Å²) in [5, 5.41) is 2.38. The van der Waals surface area contributed by atoms with Crippen LogP contribution in [-0.4, -0.2) is 4.75 Å². The average Bonchev–Trinajstić information content (AvgIpc) is 2.81.